The second-order valence-electron chi connectivity index (χ2n) is 15.7. The lowest BCUT2D eigenvalue weighted by Crippen LogP contribution is -2.50. The van der Waals surface area contributed by atoms with Crippen LogP contribution in [0.25, 0.3) is 0 Å². The van der Waals surface area contributed by atoms with Crippen LogP contribution in [0, 0.1) is 40.4 Å². The summed E-state index contributed by atoms with van der Waals surface area (Å²) in [6.07, 6.45) is 17.4. The van der Waals surface area contributed by atoms with Crippen molar-refractivity contribution in [2.45, 2.75) is 144 Å². The van der Waals surface area contributed by atoms with E-state index in [0.717, 1.165) is 49.7 Å². The predicted octanol–water partition coefficient (Wildman–Crippen LogP) is 9.83. The number of hydrogen-bond donors (Lipinski definition) is 0. The van der Waals surface area contributed by atoms with E-state index in [0.29, 0.717) is 34.9 Å². The molecule has 4 nitrogen and oxygen atoms in total. The Bertz CT molecular complexity index is 1000. The Kier molecular flexibility index (Phi) is 11.9. The van der Waals surface area contributed by atoms with Gasteiger partial charge < -0.3 is 9.47 Å². The summed E-state index contributed by atoms with van der Waals surface area (Å²) in [5.74, 6) is 3.08. The van der Waals surface area contributed by atoms with Gasteiger partial charge in [-0.3, -0.25) is 9.59 Å². The Labute approximate surface area is 258 Å². The summed E-state index contributed by atoms with van der Waals surface area (Å²) in [4.78, 5) is 23.0. The van der Waals surface area contributed by atoms with Gasteiger partial charge in [0.2, 0.25) is 0 Å². The third-order valence-electron chi connectivity index (χ3n) is 11.3. The molecule has 238 valence electrons. The van der Waals surface area contributed by atoms with Crippen LogP contribution in [0.1, 0.15) is 132 Å². The quantitative estimate of drug-likeness (QED) is 0.231. The van der Waals surface area contributed by atoms with E-state index in [2.05, 4.69) is 67.7 Å². The molecule has 0 aromatic rings. The zero-order valence-electron chi connectivity index (χ0n) is 28.4. The molecule has 0 amide bonds. The molecule has 4 heteroatoms. The Balaban J connectivity index is 0.000000175. The maximum atomic E-state index is 11.7. The van der Waals surface area contributed by atoms with E-state index in [9.17, 15) is 9.59 Å². The fraction of sp³-hybridized carbons (Fsp3) is 0.789. The smallest absolute Gasteiger partial charge is 0.309 e. The number of hydrogen-bond acceptors (Lipinski definition) is 4. The zero-order valence-corrected chi connectivity index (χ0v) is 28.4. The molecular weight excluding hydrogens is 520 g/mol. The van der Waals surface area contributed by atoms with Crippen LogP contribution in [0.5, 0.6) is 0 Å². The molecule has 7 unspecified atom stereocenters. The molecule has 1 saturated heterocycles. The van der Waals surface area contributed by atoms with Gasteiger partial charge in [-0.25, -0.2) is 0 Å². The van der Waals surface area contributed by atoms with Crippen molar-refractivity contribution in [3.05, 3.63) is 36.5 Å². The molecule has 4 fully saturated rings. The number of esters is 1. The predicted molar refractivity (Wildman–Crippen MR) is 174 cm³/mol. The number of ether oxygens (including phenoxy) is 2. The van der Waals surface area contributed by atoms with Crippen LogP contribution >= 0.6 is 0 Å². The van der Waals surface area contributed by atoms with Gasteiger partial charge in [-0.2, -0.15) is 0 Å². The van der Waals surface area contributed by atoms with E-state index in [4.69, 9.17) is 9.47 Å². The number of carbonyl (C=O) groups excluding carboxylic acids is 2. The van der Waals surface area contributed by atoms with Gasteiger partial charge in [0.15, 0.2) is 5.78 Å². The summed E-state index contributed by atoms with van der Waals surface area (Å²) in [5.41, 5.74) is 3.36. The van der Waals surface area contributed by atoms with Gasteiger partial charge in [0, 0.05) is 24.9 Å². The minimum atomic E-state index is 0.0269. The van der Waals surface area contributed by atoms with Crippen LogP contribution in [0.2, 0.25) is 0 Å². The summed E-state index contributed by atoms with van der Waals surface area (Å²) in [7, 11) is 0. The summed E-state index contributed by atoms with van der Waals surface area (Å²) in [6.45, 7) is 26.8. The summed E-state index contributed by atoms with van der Waals surface area (Å²) >= 11 is 0. The molecule has 4 aliphatic carbocycles. The highest BCUT2D eigenvalue weighted by atomic mass is 16.6. The van der Waals surface area contributed by atoms with Gasteiger partial charge in [-0.1, -0.05) is 72.3 Å². The fourth-order valence-electron chi connectivity index (χ4n) is 8.41. The first-order valence-corrected chi connectivity index (χ1v) is 17.0. The standard InChI is InChI=1S/C15H26O.C13H20O.C10H16O2/c1-6-16-15(5)10-8-12-11(2)13(15)7-9-14(12,3)4;1-4-5-8-12(14)11-7-6-9-13(2,3)10-11;1-6-3-4-8-7(2)10(11)12-9(8)5-6/h12-13H,2,6-10H2,1,3-5H3;4,7H,1,5-6,8-10H2,2-3H3;6-9H,3-5H2,1-2H3. The van der Waals surface area contributed by atoms with Gasteiger partial charge >= 0.3 is 5.97 Å². The SMILES string of the molecule is C=C1C2CCC(C)(OCC)C1CCC2(C)C.C=CCCC(=O)C1=CCCC(C)(C)C1.CC1CCC2C(C1)OC(=O)C2C. The minimum absolute atomic E-state index is 0.0269. The third kappa shape index (κ3) is 8.48. The lowest BCUT2D eigenvalue weighted by atomic mass is 9.54. The van der Waals surface area contributed by atoms with Gasteiger partial charge in [0.1, 0.15) is 6.10 Å². The van der Waals surface area contributed by atoms with Crippen LogP contribution in [0.3, 0.4) is 0 Å². The van der Waals surface area contributed by atoms with Crippen molar-refractivity contribution < 1.29 is 19.1 Å². The second-order valence-corrected chi connectivity index (χ2v) is 15.7. The zero-order chi connectivity index (χ0) is 31.3. The molecule has 0 aromatic heterocycles. The normalized spacial score (nSPS) is 36.1. The van der Waals surface area contributed by atoms with Crippen molar-refractivity contribution in [1.29, 1.82) is 0 Å². The number of rotatable bonds is 6. The maximum absolute atomic E-state index is 11.7. The Morgan fingerprint density at radius 3 is 2.38 bits per heavy atom. The first-order chi connectivity index (χ1) is 19.6. The van der Waals surface area contributed by atoms with Crippen LogP contribution in [-0.4, -0.2) is 30.1 Å². The average molecular weight is 583 g/mol. The number of ketones is 1. The number of Topliss-reactive ketones (excluding diaryl/α,β-unsaturated/α-hetero) is 1. The molecule has 1 aliphatic heterocycles. The van der Waals surface area contributed by atoms with Gasteiger partial charge in [0.25, 0.3) is 0 Å². The van der Waals surface area contributed by atoms with E-state index in [1.54, 1.807) is 0 Å². The van der Waals surface area contributed by atoms with E-state index in [-0.39, 0.29) is 23.6 Å². The monoisotopic (exact) mass is 582 g/mol. The topological polar surface area (TPSA) is 52.6 Å². The molecule has 0 radical (unpaired) electrons. The molecule has 7 atom stereocenters. The average Bonchev–Trinajstić information content (AvgIpc) is 3.18. The lowest BCUT2D eigenvalue weighted by molar-refractivity contribution is -0.144. The third-order valence-corrected chi connectivity index (χ3v) is 11.3. The highest BCUT2D eigenvalue weighted by Gasteiger charge is 2.50. The lowest BCUT2D eigenvalue weighted by Gasteiger charge is -2.54. The first-order valence-electron chi connectivity index (χ1n) is 17.0. The Hall–Kier alpha value is -1.68. The number of carbonyl (C=O) groups is 2. The van der Waals surface area contributed by atoms with Crippen molar-refractivity contribution >= 4 is 11.8 Å². The molecular formula is C38H62O4. The molecule has 0 aromatic carbocycles. The van der Waals surface area contributed by atoms with E-state index in [1.807, 2.05) is 13.0 Å². The van der Waals surface area contributed by atoms with Gasteiger partial charge in [0.05, 0.1) is 11.5 Å². The first kappa shape index (κ1) is 34.8. The molecule has 0 N–H and O–H groups in total. The van der Waals surface area contributed by atoms with Crippen molar-refractivity contribution in [3.63, 3.8) is 0 Å². The van der Waals surface area contributed by atoms with E-state index < -0.39 is 0 Å². The van der Waals surface area contributed by atoms with Crippen molar-refractivity contribution in [2.24, 2.45) is 40.4 Å². The second kappa shape index (κ2) is 14.4. The van der Waals surface area contributed by atoms with E-state index >= 15 is 0 Å². The highest BCUT2D eigenvalue weighted by molar-refractivity contribution is 5.95. The molecule has 3 saturated carbocycles. The van der Waals surface area contributed by atoms with Crippen molar-refractivity contribution in [3.8, 4) is 0 Å². The molecule has 42 heavy (non-hydrogen) atoms. The molecule has 0 spiro atoms. The Morgan fingerprint density at radius 1 is 1.05 bits per heavy atom. The summed E-state index contributed by atoms with van der Waals surface area (Å²) in [6, 6.07) is 0. The molecule has 2 bridgehead atoms. The fourth-order valence-corrected chi connectivity index (χ4v) is 8.41. The van der Waals surface area contributed by atoms with E-state index in [1.165, 1.54) is 50.5 Å². The van der Waals surface area contributed by atoms with Crippen molar-refractivity contribution in [1.82, 2.24) is 0 Å². The number of fused-ring (bicyclic) bond motifs is 3. The van der Waals surface area contributed by atoms with Crippen molar-refractivity contribution in [2.75, 3.05) is 6.61 Å². The minimum Gasteiger partial charge on any atom is -0.462 e. The molecule has 5 aliphatic rings. The molecule has 5 rings (SSSR count). The van der Waals surface area contributed by atoms with Gasteiger partial charge in [-0.15, -0.1) is 6.58 Å². The maximum Gasteiger partial charge on any atom is 0.309 e. The molecule has 1 heterocycles. The van der Waals surface area contributed by atoms with Crippen LogP contribution in [0.15, 0.2) is 36.5 Å². The van der Waals surface area contributed by atoms with Crippen LogP contribution < -0.4 is 0 Å². The summed E-state index contributed by atoms with van der Waals surface area (Å²) < 4.78 is 11.3. The largest absolute Gasteiger partial charge is 0.462 e. The summed E-state index contributed by atoms with van der Waals surface area (Å²) in [5, 5.41) is 0. The Morgan fingerprint density at radius 2 is 1.74 bits per heavy atom. The number of allylic oxidation sites excluding steroid dienone is 3. The van der Waals surface area contributed by atoms with Gasteiger partial charge in [-0.05, 0) is 106 Å². The highest BCUT2D eigenvalue weighted by Crippen LogP contribution is 2.56. The van der Waals surface area contributed by atoms with Crippen LogP contribution in [-0.2, 0) is 19.1 Å². The van der Waals surface area contributed by atoms with Crippen LogP contribution in [0.4, 0.5) is 0 Å².